The summed E-state index contributed by atoms with van der Waals surface area (Å²) in [5.74, 6) is -0.473. The molecule has 0 heterocycles. The van der Waals surface area contributed by atoms with Crippen molar-refractivity contribution in [2.75, 3.05) is 7.05 Å². The molecule has 1 aromatic rings. The standard InChI is InChI=1S/C13H18FNO3S/c1-15(12-4-2-3-5-13(12)16)19(17,18)11-8-6-10(14)7-9-11/h6-9,12-13,16H,2-5H2,1H3/t12-,13+/m0/s1. The number of hydrogen-bond donors (Lipinski definition) is 1. The predicted molar refractivity (Wildman–Crippen MR) is 69.6 cm³/mol. The Hall–Kier alpha value is -0.980. The summed E-state index contributed by atoms with van der Waals surface area (Å²) in [5, 5.41) is 9.93. The SMILES string of the molecule is CN([C@H]1CCCC[C@H]1O)S(=O)(=O)c1ccc(F)cc1. The number of hydrogen-bond acceptors (Lipinski definition) is 3. The van der Waals surface area contributed by atoms with Gasteiger partial charge in [-0.3, -0.25) is 0 Å². The lowest BCUT2D eigenvalue weighted by atomic mass is 9.93. The van der Waals surface area contributed by atoms with Crippen LogP contribution in [0.4, 0.5) is 4.39 Å². The third kappa shape index (κ3) is 2.96. The summed E-state index contributed by atoms with van der Waals surface area (Å²) >= 11 is 0. The first-order valence-corrected chi connectivity index (χ1v) is 7.78. The molecule has 0 unspecified atom stereocenters. The average Bonchev–Trinajstić information content (AvgIpc) is 2.39. The van der Waals surface area contributed by atoms with E-state index in [1.807, 2.05) is 0 Å². The van der Waals surface area contributed by atoms with Crippen molar-refractivity contribution in [2.24, 2.45) is 0 Å². The van der Waals surface area contributed by atoms with Gasteiger partial charge in [0.15, 0.2) is 0 Å². The third-order valence-corrected chi connectivity index (χ3v) is 5.55. The highest BCUT2D eigenvalue weighted by Gasteiger charge is 2.34. The highest BCUT2D eigenvalue weighted by Crippen LogP contribution is 2.26. The van der Waals surface area contributed by atoms with E-state index in [1.165, 1.54) is 23.5 Å². The molecule has 2 rings (SSSR count). The van der Waals surface area contributed by atoms with Crippen LogP contribution in [0.1, 0.15) is 25.7 Å². The van der Waals surface area contributed by atoms with Crippen molar-refractivity contribution in [1.82, 2.24) is 4.31 Å². The predicted octanol–water partition coefficient (Wildman–Crippen LogP) is 1.75. The highest BCUT2D eigenvalue weighted by atomic mass is 32.2. The summed E-state index contributed by atoms with van der Waals surface area (Å²) in [6, 6.07) is 4.34. The molecular formula is C13H18FNO3S. The molecule has 0 amide bonds. The van der Waals surface area contributed by atoms with Gasteiger partial charge in [-0.25, -0.2) is 12.8 Å². The molecule has 2 atom stereocenters. The molecule has 1 N–H and O–H groups in total. The quantitative estimate of drug-likeness (QED) is 0.921. The minimum atomic E-state index is -3.68. The molecular weight excluding hydrogens is 269 g/mol. The second-order valence-corrected chi connectivity index (χ2v) is 6.89. The number of sulfonamides is 1. The van der Waals surface area contributed by atoms with E-state index in [1.54, 1.807) is 0 Å². The minimum absolute atomic E-state index is 0.0502. The molecule has 6 heteroatoms. The van der Waals surface area contributed by atoms with E-state index in [2.05, 4.69) is 0 Å². The Morgan fingerprint density at radius 3 is 2.37 bits per heavy atom. The first-order chi connectivity index (χ1) is 8.93. The number of benzene rings is 1. The second-order valence-electron chi connectivity index (χ2n) is 4.89. The van der Waals surface area contributed by atoms with Crippen molar-refractivity contribution >= 4 is 10.0 Å². The number of aliphatic hydroxyl groups excluding tert-OH is 1. The average molecular weight is 287 g/mol. The van der Waals surface area contributed by atoms with Crippen LogP contribution >= 0.6 is 0 Å². The summed E-state index contributed by atoms with van der Waals surface area (Å²) in [4.78, 5) is 0.0502. The number of halogens is 1. The zero-order valence-corrected chi connectivity index (χ0v) is 11.6. The topological polar surface area (TPSA) is 57.6 Å². The third-order valence-electron chi connectivity index (χ3n) is 3.65. The molecule has 0 spiro atoms. The zero-order chi connectivity index (χ0) is 14.0. The first-order valence-electron chi connectivity index (χ1n) is 6.34. The largest absolute Gasteiger partial charge is 0.391 e. The normalized spacial score (nSPS) is 24.6. The molecule has 1 fully saturated rings. The van der Waals surface area contributed by atoms with Crippen LogP contribution in [0.5, 0.6) is 0 Å². The monoisotopic (exact) mass is 287 g/mol. The van der Waals surface area contributed by atoms with Crippen LogP contribution in [-0.2, 0) is 10.0 Å². The van der Waals surface area contributed by atoms with Gasteiger partial charge in [-0.1, -0.05) is 12.8 Å². The van der Waals surface area contributed by atoms with Gasteiger partial charge < -0.3 is 5.11 Å². The van der Waals surface area contributed by atoms with Gasteiger partial charge in [0.1, 0.15) is 5.82 Å². The van der Waals surface area contributed by atoms with Crippen molar-refractivity contribution in [3.63, 3.8) is 0 Å². The summed E-state index contributed by atoms with van der Waals surface area (Å²) in [5.41, 5.74) is 0. The van der Waals surface area contributed by atoms with Crippen LogP contribution in [0.15, 0.2) is 29.2 Å². The maximum Gasteiger partial charge on any atom is 0.243 e. The molecule has 106 valence electrons. The van der Waals surface area contributed by atoms with E-state index in [9.17, 15) is 17.9 Å². The van der Waals surface area contributed by atoms with Crippen molar-refractivity contribution in [3.05, 3.63) is 30.1 Å². The van der Waals surface area contributed by atoms with Gasteiger partial charge in [0.05, 0.1) is 17.0 Å². The molecule has 1 aliphatic rings. The minimum Gasteiger partial charge on any atom is -0.391 e. The molecule has 0 radical (unpaired) electrons. The van der Waals surface area contributed by atoms with Crippen LogP contribution in [0, 0.1) is 5.82 Å². The first kappa shape index (κ1) is 14.4. The van der Waals surface area contributed by atoms with Crippen molar-refractivity contribution in [2.45, 2.75) is 42.7 Å². The Balaban J connectivity index is 2.25. The number of aliphatic hydroxyl groups is 1. The summed E-state index contributed by atoms with van der Waals surface area (Å²) in [6.45, 7) is 0. The Bertz CT molecular complexity index is 529. The van der Waals surface area contributed by atoms with E-state index in [0.717, 1.165) is 25.0 Å². The Morgan fingerprint density at radius 1 is 1.21 bits per heavy atom. The summed E-state index contributed by atoms with van der Waals surface area (Å²) < 4.78 is 38.8. The fourth-order valence-electron chi connectivity index (χ4n) is 2.47. The number of rotatable bonds is 3. The van der Waals surface area contributed by atoms with E-state index in [0.29, 0.717) is 12.8 Å². The van der Waals surface area contributed by atoms with Crippen molar-refractivity contribution in [1.29, 1.82) is 0 Å². The maximum atomic E-state index is 12.8. The van der Waals surface area contributed by atoms with Crippen LogP contribution < -0.4 is 0 Å². The fraction of sp³-hybridized carbons (Fsp3) is 0.538. The zero-order valence-electron chi connectivity index (χ0n) is 10.8. The smallest absolute Gasteiger partial charge is 0.243 e. The lowest BCUT2D eigenvalue weighted by Crippen LogP contribution is -2.46. The molecule has 0 bridgehead atoms. The van der Waals surface area contributed by atoms with Gasteiger partial charge in [-0.05, 0) is 37.1 Å². The van der Waals surface area contributed by atoms with Crippen LogP contribution in [0.2, 0.25) is 0 Å². The van der Waals surface area contributed by atoms with E-state index in [4.69, 9.17) is 0 Å². The number of nitrogens with zero attached hydrogens (tertiary/aromatic N) is 1. The summed E-state index contributed by atoms with van der Waals surface area (Å²) in [6.07, 6.45) is 2.47. The molecule has 1 aliphatic carbocycles. The molecule has 0 aromatic heterocycles. The van der Waals surface area contributed by atoms with Crippen molar-refractivity contribution < 1.29 is 17.9 Å². The lowest BCUT2D eigenvalue weighted by molar-refractivity contribution is 0.0638. The van der Waals surface area contributed by atoms with Gasteiger partial charge >= 0.3 is 0 Å². The van der Waals surface area contributed by atoms with Gasteiger partial charge in [0, 0.05) is 7.05 Å². The number of likely N-dealkylation sites (N-methyl/N-ethyl adjacent to an activating group) is 1. The molecule has 19 heavy (non-hydrogen) atoms. The lowest BCUT2D eigenvalue weighted by Gasteiger charge is -2.34. The second kappa shape index (κ2) is 5.56. The Kier molecular flexibility index (Phi) is 4.23. The highest BCUT2D eigenvalue weighted by molar-refractivity contribution is 7.89. The summed E-state index contributed by atoms with van der Waals surface area (Å²) in [7, 11) is -2.21. The molecule has 0 aliphatic heterocycles. The van der Waals surface area contributed by atoms with E-state index < -0.39 is 28.0 Å². The van der Waals surface area contributed by atoms with Crippen molar-refractivity contribution in [3.8, 4) is 0 Å². The van der Waals surface area contributed by atoms with Crippen LogP contribution in [0.25, 0.3) is 0 Å². The van der Waals surface area contributed by atoms with Crippen LogP contribution in [0.3, 0.4) is 0 Å². The Morgan fingerprint density at radius 2 is 1.79 bits per heavy atom. The Labute approximate surface area is 112 Å². The molecule has 4 nitrogen and oxygen atoms in total. The molecule has 1 saturated carbocycles. The van der Waals surface area contributed by atoms with E-state index in [-0.39, 0.29) is 4.90 Å². The van der Waals surface area contributed by atoms with Crippen LogP contribution in [-0.4, -0.2) is 37.0 Å². The van der Waals surface area contributed by atoms with Gasteiger partial charge in [-0.2, -0.15) is 4.31 Å². The van der Waals surface area contributed by atoms with Gasteiger partial charge in [0.2, 0.25) is 10.0 Å². The molecule has 1 aromatic carbocycles. The molecule has 0 saturated heterocycles. The van der Waals surface area contributed by atoms with Gasteiger partial charge in [-0.15, -0.1) is 0 Å². The fourth-order valence-corrected chi connectivity index (χ4v) is 3.88. The maximum absolute atomic E-state index is 12.8. The van der Waals surface area contributed by atoms with Gasteiger partial charge in [0.25, 0.3) is 0 Å². The van der Waals surface area contributed by atoms with E-state index >= 15 is 0 Å².